The molecule has 1 aromatic heterocycles. The number of thioether (sulfide) groups is 1. The van der Waals surface area contributed by atoms with Gasteiger partial charge in [0.05, 0.1) is 22.1 Å². The molecule has 13 nitrogen and oxygen atoms in total. The SMILES string of the molecule is CCn1c(CNC(=O)c2cccc([N+](=O)[O-])c2)nnc1SCC(=O)Nc1ccc([N+](=O)[O-])cc1C. The molecule has 0 spiro atoms. The average molecular weight is 500 g/mol. The molecule has 35 heavy (non-hydrogen) atoms. The first-order chi connectivity index (χ1) is 16.7. The van der Waals surface area contributed by atoms with E-state index in [1.165, 1.54) is 42.5 Å². The van der Waals surface area contributed by atoms with Crippen molar-refractivity contribution in [2.45, 2.75) is 32.1 Å². The number of non-ortho nitro benzene ring substituents is 2. The molecular formula is C21H21N7O6S. The Bertz CT molecular complexity index is 1290. The Morgan fingerprint density at radius 1 is 1.06 bits per heavy atom. The van der Waals surface area contributed by atoms with Gasteiger partial charge in [-0.2, -0.15) is 0 Å². The van der Waals surface area contributed by atoms with Crippen LogP contribution in [0.25, 0.3) is 0 Å². The Hall–Kier alpha value is -4.33. The number of nitro benzene ring substituents is 2. The molecule has 0 radical (unpaired) electrons. The fourth-order valence-electron chi connectivity index (χ4n) is 3.11. The van der Waals surface area contributed by atoms with E-state index in [9.17, 15) is 29.8 Å². The van der Waals surface area contributed by atoms with Crippen molar-refractivity contribution < 1.29 is 19.4 Å². The van der Waals surface area contributed by atoms with Gasteiger partial charge < -0.3 is 15.2 Å². The van der Waals surface area contributed by atoms with E-state index in [4.69, 9.17) is 0 Å². The van der Waals surface area contributed by atoms with E-state index < -0.39 is 15.8 Å². The number of nitrogens with zero attached hydrogens (tertiary/aromatic N) is 5. The Morgan fingerprint density at radius 2 is 1.77 bits per heavy atom. The lowest BCUT2D eigenvalue weighted by atomic mass is 10.2. The van der Waals surface area contributed by atoms with Crippen molar-refractivity contribution in [3.8, 4) is 0 Å². The first kappa shape index (κ1) is 25.3. The Kier molecular flexibility index (Phi) is 8.09. The van der Waals surface area contributed by atoms with Crippen LogP contribution in [-0.4, -0.2) is 42.2 Å². The number of hydrogen-bond acceptors (Lipinski definition) is 9. The second-order valence-electron chi connectivity index (χ2n) is 7.23. The maximum Gasteiger partial charge on any atom is 0.270 e. The summed E-state index contributed by atoms with van der Waals surface area (Å²) in [6.45, 7) is 4.05. The van der Waals surface area contributed by atoms with Gasteiger partial charge >= 0.3 is 0 Å². The van der Waals surface area contributed by atoms with Crippen LogP contribution in [0.4, 0.5) is 17.1 Å². The van der Waals surface area contributed by atoms with Gasteiger partial charge in [-0.25, -0.2) is 0 Å². The number of amides is 2. The third-order valence-electron chi connectivity index (χ3n) is 4.86. The molecule has 0 atom stereocenters. The first-order valence-corrected chi connectivity index (χ1v) is 11.3. The number of nitrogens with one attached hydrogen (secondary N) is 2. The zero-order valence-corrected chi connectivity index (χ0v) is 19.6. The van der Waals surface area contributed by atoms with Crippen LogP contribution in [0.3, 0.4) is 0 Å². The summed E-state index contributed by atoms with van der Waals surface area (Å²) < 4.78 is 1.74. The summed E-state index contributed by atoms with van der Waals surface area (Å²) in [6.07, 6.45) is 0. The summed E-state index contributed by atoms with van der Waals surface area (Å²) >= 11 is 1.15. The maximum absolute atomic E-state index is 12.4. The van der Waals surface area contributed by atoms with E-state index in [1.54, 1.807) is 11.5 Å². The van der Waals surface area contributed by atoms with Crippen LogP contribution in [0.2, 0.25) is 0 Å². The molecule has 0 aliphatic carbocycles. The average Bonchev–Trinajstić information content (AvgIpc) is 3.24. The monoisotopic (exact) mass is 499 g/mol. The molecule has 3 aromatic rings. The lowest BCUT2D eigenvalue weighted by Gasteiger charge is -2.10. The minimum Gasteiger partial charge on any atom is -0.345 e. The first-order valence-electron chi connectivity index (χ1n) is 10.3. The smallest absolute Gasteiger partial charge is 0.270 e. The fraction of sp³-hybridized carbons (Fsp3) is 0.238. The summed E-state index contributed by atoms with van der Waals surface area (Å²) in [5.41, 5.74) is 0.944. The van der Waals surface area contributed by atoms with Crippen molar-refractivity contribution in [1.82, 2.24) is 20.1 Å². The molecule has 0 fully saturated rings. The van der Waals surface area contributed by atoms with Crippen molar-refractivity contribution in [2.24, 2.45) is 0 Å². The Balaban J connectivity index is 1.59. The van der Waals surface area contributed by atoms with E-state index in [0.29, 0.717) is 28.8 Å². The van der Waals surface area contributed by atoms with E-state index in [0.717, 1.165) is 11.8 Å². The molecule has 2 N–H and O–H groups in total. The molecule has 0 aliphatic heterocycles. The number of aromatic nitrogens is 3. The van der Waals surface area contributed by atoms with Gasteiger partial charge in [-0.1, -0.05) is 17.8 Å². The van der Waals surface area contributed by atoms with E-state index in [2.05, 4.69) is 20.8 Å². The zero-order valence-electron chi connectivity index (χ0n) is 18.8. The predicted octanol–water partition coefficient (Wildman–Crippen LogP) is 3.08. The molecule has 2 amide bonds. The normalized spacial score (nSPS) is 10.6. The minimum atomic E-state index is -0.576. The summed E-state index contributed by atoms with van der Waals surface area (Å²) in [7, 11) is 0. The van der Waals surface area contributed by atoms with Gasteiger partial charge in [0.25, 0.3) is 17.3 Å². The predicted molar refractivity (Wildman–Crippen MR) is 127 cm³/mol. The van der Waals surface area contributed by atoms with Crippen LogP contribution >= 0.6 is 11.8 Å². The Labute approximate surface area is 203 Å². The lowest BCUT2D eigenvalue weighted by Crippen LogP contribution is -2.25. The van der Waals surface area contributed by atoms with E-state index >= 15 is 0 Å². The summed E-state index contributed by atoms with van der Waals surface area (Å²) in [4.78, 5) is 45.4. The van der Waals surface area contributed by atoms with Gasteiger partial charge in [0.15, 0.2) is 11.0 Å². The molecule has 0 unspecified atom stereocenters. The highest BCUT2D eigenvalue weighted by Gasteiger charge is 2.16. The van der Waals surface area contributed by atoms with Crippen LogP contribution in [0.1, 0.15) is 28.7 Å². The fourth-order valence-corrected chi connectivity index (χ4v) is 3.94. The van der Waals surface area contributed by atoms with Crippen LogP contribution < -0.4 is 10.6 Å². The molecule has 0 saturated carbocycles. The molecule has 182 valence electrons. The summed E-state index contributed by atoms with van der Waals surface area (Å²) in [5, 5.41) is 35.8. The van der Waals surface area contributed by atoms with Crippen molar-refractivity contribution in [3.05, 3.63) is 79.6 Å². The van der Waals surface area contributed by atoms with Crippen molar-refractivity contribution in [1.29, 1.82) is 0 Å². The highest BCUT2D eigenvalue weighted by molar-refractivity contribution is 7.99. The van der Waals surface area contributed by atoms with Gasteiger partial charge in [-0.05, 0) is 31.5 Å². The van der Waals surface area contributed by atoms with Gasteiger partial charge in [-0.15, -0.1) is 10.2 Å². The standard InChI is InChI=1S/C21H21N7O6S/c1-3-26-18(11-22-20(30)14-5-4-6-15(10-14)27(31)32)24-25-21(26)35-12-19(29)23-17-8-7-16(28(33)34)9-13(17)2/h4-10H,3,11-12H2,1-2H3,(H,22,30)(H,23,29). The number of rotatable bonds is 10. The third kappa shape index (κ3) is 6.38. The molecule has 14 heteroatoms. The summed E-state index contributed by atoms with van der Waals surface area (Å²) in [6, 6.07) is 9.56. The van der Waals surface area contributed by atoms with Crippen molar-refractivity contribution >= 4 is 40.6 Å². The zero-order chi connectivity index (χ0) is 25.5. The molecule has 0 bridgehead atoms. The number of hydrogen-bond donors (Lipinski definition) is 2. The number of benzene rings is 2. The van der Waals surface area contributed by atoms with Crippen LogP contribution in [-0.2, 0) is 17.9 Å². The van der Waals surface area contributed by atoms with Crippen molar-refractivity contribution in [2.75, 3.05) is 11.1 Å². The lowest BCUT2D eigenvalue weighted by molar-refractivity contribution is -0.385. The number of anilines is 1. The van der Waals surface area contributed by atoms with E-state index in [1.807, 2.05) is 6.92 Å². The van der Waals surface area contributed by atoms with E-state index in [-0.39, 0.29) is 35.1 Å². The molecule has 2 aromatic carbocycles. The minimum absolute atomic E-state index is 0.0224. The van der Waals surface area contributed by atoms with Gasteiger partial charge in [0, 0.05) is 42.1 Å². The Morgan fingerprint density at radius 3 is 2.43 bits per heavy atom. The summed E-state index contributed by atoms with van der Waals surface area (Å²) in [5.74, 6) is -0.334. The van der Waals surface area contributed by atoms with Gasteiger partial charge in [-0.3, -0.25) is 29.8 Å². The number of carbonyl (C=O) groups is 2. The topological polar surface area (TPSA) is 175 Å². The highest BCUT2D eigenvalue weighted by atomic mass is 32.2. The largest absolute Gasteiger partial charge is 0.345 e. The van der Waals surface area contributed by atoms with Crippen LogP contribution in [0.5, 0.6) is 0 Å². The number of aryl methyl sites for hydroxylation is 1. The van der Waals surface area contributed by atoms with Crippen LogP contribution in [0.15, 0.2) is 47.6 Å². The second-order valence-corrected chi connectivity index (χ2v) is 8.17. The molecule has 3 rings (SSSR count). The molecule has 0 aliphatic rings. The van der Waals surface area contributed by atoms with Gasteiger partial charge in [0.2, 0.25) is 5.91 Å². The highest BCUT2D eigenvalue weighted by Crippen LogP contribution is 2.22. The quantitative estimate of drug-likeness (QED) is 0.241. The molecule has 1 heterocycles. The molecule has 0 saturated heterocycles. The third-order valence-corrected chi connectivity index (χ3v) is 5.83. The van der Waals surface area contributed by atoms with Crippen LogP contribution in [0, 0.1) is 27.2 Å². The second kappa shape index (κ2) is 11.2. The number of nitro groups is 2. The molecular weight excluding hydrogens is 478 g/mol. The van der Waals surface area contributed by atoms with Crippen molar-refractivity contribution in [3.63, 3.8) is 0 Å². The van der Waals surface area contributed by atoms with Gasteiger partial charge in [0.1, 0.15) is 0 Å². The number of carbonyl (C=O) groups excluding carboxylic acids is 2. The maximum atomic E-state index is 12.4.